The fraction of sp³-hybridized carbons (Fsp3) is 0.353. The molecule has 0 aliphatic heterocycles. The van der Waals surface area contributed by atoms with Gasteiger partial charge in [0.2, 0.25) is 5.91 Å². The topological polar surface area (TPSA) is 84.2 Å². The summed E-state index contributed by atoms with van der Waals surface area (Å²) in [6.07, 6.45) is 0.433. The van der Waals surface area contributed by atoms with Crippen LogP contribution < -0.4 is 5.32 Å². The maximum Gasteiger partial charge on any atom is 0.307 e. The first-order valence-electron chi connectivity index (χ1n) is 7.60. The van der Waals surface area contributed by atoms with Gasteiger partial charge in [-0.25, -0.2) is 4.68 Å². The maximum atomic E-state index is 12.0. The average Bonchev–Trinajstić information content (AvgIpc) is 3.29. The van der Waals surface area contributed by atoms with Crippen LogP contribution in [0.5, 0.6) is 0 Å². The van der Waals surface area contributed by atoms with Crippen LogP contribution in [0.25, 0.3) is 5.69 Å². The molecule has 1 aliphatic carbocycles. The molecule has 1 aliphatic rings. The Morgan fingerprint density at radius 1 is 1.26 bits per heavy atom. The number of carboxylic acids is 1. The van der Waals surface area contributed by atoms with Crippen molar-refractivity contribution in [2.24, 2.45) is 11.8 Å². The number of carboxylic acid groups (broad SMARTS) is 1. The molecular formula is C17H19N3O3. The zero-order valence-corrected chi connectivity index (χ0v) is 13.1. The van der Waals surface area contributed by atoms with Gasteiger partial charge >= 0.3 is 5.97 Å². The summed E-state index contributed by atoms with van der Waals surface area (Å²) in [6, 6.07) is 9.80. The van der Waals surface area contributed by atoms with Crippen LogP contribution in [0.15, 0.2) is 30.3 Å². The van der Waals surface area contributed by atoms with Gasteiger partial charge in [-0.15, -0.1) is 0 Å². The number of para-hydroxylation sites is 1. The lowest BCUT2D eigenvalue weighted by atomic mass is 10.2. The van der Waals surface area contributed by atoms with Crippen LogP contribution in [0.2, 0.25) is 0 Å². The maximum absolute atomic E-state index is 12.0. The molecule has 0 unspecified atom stereocenters. The first-order valence-corrected chi connectivity index (χ1v) is 7.60. The predicted molar refractivity (Wildman–Crippen MR) is 84.1 cm³/mol. The van der Waals surface area contributed by atoms with Crippen LogP contribution in [0.3, 0.4) is 0 Å². The minimum atomic E-state index is -0.894. The van der Waals surface area contributed by atoms with Crippen LogP contribution >= 0.6 is 0 Å². The second-order valence-corrected chi connectivity index (χ2v) is 5.90. The van der Waals surface area contributed by atoms with Crippen molar-refractivity contribution >= 4 is 11.9 Å². The van der Waals surface area contributed by atoms with E-state index in [9.17, 15) is 9.59 Å². The predicted octanol–water partition coefficient (Wildman–Crippen LogP) is 1.83. The summed E-state index contributed by atoms with van der Waals surface area (Å²) in [5.41, 5.74) is 3.77. The molecule has 1 saturated carbocycles. The zero-order chi connectivity index (χ0) is 16.6. The standard InChI is InChI=1S/C17H19N3O3/c1-10-15(9-18-16(21)13-8-14(13)17(22)23)11(2)20(19-10)12-6-4-3-5-7-12/h3-7,13-14H,8-9H2,1-2H3,(H,18,21)(H,22,23)/t13-,14+/m0/s1. The van der Waals surface area contributed by atoms with Crippen molar-refractivity contribution in [2.45, 2.75) is 26.8 Å². The molecule has 0 saturated heterocycles. The van der Waals surface area contributed by atoms with Crippen molar-refractivity contribution in [3.63, 3.8) is 0 Å². The number of rotatable bonds is 5. The Balaban J connectivity index is 1.71. The Kier molecular flexibility index (Phi) is 3.90. The van der Waals surface area contributed by atoms with Gasteiger partial charge in [0.05, 0.1) is 23.2 Å². The number of hydrogen-bond donors (Lipinski definition) is 2. The monoisotopic (exact) mass is 313 g/mol. The quantitative estimate of drug-likeness (QED) is 0.882. The molecule has 23 heavy (non-hydrogen) atoms. The van der Waals surface area contributed by atoms with E-state index in [1.54, 1.807) is 0 Å². The number of amides is 1. The molecule has 6 nitrogen and oxygen atoms in total. The van der Waals surface area contributed by atoms with Gasteiger partial charge in [0.25, 0.3) is 0 Å². The number of hydrogen-bond acceptors (Lipinski definition) is 3. The first kappa shape index (κ1) is 15.3. The van der Waals surface area contributed by atoms with Gasteiger partial charge in [-0.2, -0.15) is 5.10 Å². The second-order valence-electron chi connectivity index (χ2n) is 5.90. The van der Waals surface area contributed by atoms with E-state index in [1.165, 1.54) is 0 Å². The van der Waals surface area contributed by atoms with E-state index >= 15 is 0 Å². The number of nitrogens with one attached hydrogen (secondary N) is 1. The highest BCUT2D eigenvalue weighted by atomic mass is 16.4. The lowest BCUT2D eigenvalue weighted by Gasteiger charge is -2.07. The van der Waals surface area contributed by atoms with Crippen LogP contribution in [0.4, 0.5) is 0 Å². The zero-order valence-electron chi connectivity index (χ0n) is 13.1. The van der Waals surface area contributed by atoms with Crippen molar-refractivity contribution < 1.29 is 14.7 Å². The summed E-state index contributed by atoms with van der Waals surface area (Å²) in [7, 11) is 0. The van der Waals surface area contributed by atoms with Gasteiger partial charge in [0, 0.05) is 17.8 Å². The smallest absolute Gasteiger partial charge is 0.307 e. The minimum Gasteiger partial charge on any atom is -0.481 e. The van der Waals surface area contributed by atoms with Crippen LogP contribution in [-0.4, -0.2) is 26.8 Å². The highest BCUT2D eigenvalue weighted by Gasteiger charge is 2.48. The Hall–Kier alpha value is -2.63. The summed E-state index contributed by atoms with van der Waals surface area (Å²) >= 11 is 0. The van der Waals surface area contributed by atoms with E-state index in [1.807, 2.05) is 48.9 Å². The third-order valence-corrected chi connectivity index (χ3v) is 4.33. The molecule has 0 spiro atoms. The number of carbonyl (C=O) groups excluding carboxylic acids is 1. The van der Waals surface area contributed by atoms with Crippen LogP contribution in [-0.2, 0) is 16.1 Å². The molecule has 2 N–H and O–H groups in total. The van der Waals surface area contributed by atoms with Crippen molar-refractivity contribution in [2.75, 3.05) is 0 Å². The largest absolute Gasteiger partial charge is 0.481 e. The molecule has 6 heteroatoms. The molecule has 2 aromatic rings. The van der Waals surface area contributed by atoms with E-state index < -0.39 is 17.8 Å². The number of nitrogens with zero attached hydrogens (tertiary/aromatic N) is 2. The molecule has 0 bridgehead atoms. The molecule has 3 rings (SSSR count). The van der Waals surface area contributed by atoms with E-state index in [4.69, 9.17) is 5.11 Å². The number of aliphatic carboxylic acids is 1. The third-order valence-electron chi connectivity index (χ3n) is 4.33. The molecular weight excluding hydrogens is 294 g/mol. The summed E-state index contributed by atoms with van der Waals surface area (Å²) in [4.78, 5) is 22.8. The molecule has 1 aromatic carbocycles. The lowest BCUT2D eigenvalue weighted by Crippen LogP contribution is -2.26. The summed E-state index contributed by atoms with van der Waals surface area (Å²) in [5.74, 6) is -2.00. The number of carbonyl (C=O) groups is 2. The number of aryl methyl sites for hydroxylation is 1. The highest BCUT2D eigenvalue weighted by molar-refractivity contribution is 5.89. The van der Waals surface area contributed by atoms with Gasteiger partial charge in [0.15, 0.2) is 0 Å². The minimum absolute atomic E-state index is 0.191. The fourth-order valence-corrected chi connectivity index (χ4v) is 2.82. The van der Waals surface area contributed by atoms with Crippen molar-refractivity contribution in [1.82, 2.24) is 15.1 Å². The molecule has 1 fully saturated rings. The van der Waals surface area contributed by atoms with Gasteiger partial charge in [-0.1, -0.05) is 18.2 Å². The summed E-state index contributed by atoms with van der Waals surface area (Å²) < 4.78 is 1.86. The molecule has 1 aromatic heterocycles. The van der Waals surface area contributed by atoms with E-state index in [-0.39, 0.29) is 5.91 Å². The molecule has 1 heterocycles. The van der Waals surface area contributed by atoms with Crippen molar-refractivity contribution in [3.05, 3.63) is 47.3 Å². The van der Waals surface area contributed by atoms with E-state index in [0.717, 1.165) is 22.6 Å². The van der Waals surface area contributed by atoms with Crippen LogP contribution in [0.1, 0.15) is 23.4 Å². The Labute approximate surface area is 134 Å². The molecule has 120 valence electrons. The Morgan fingerprint density at radius 3 is 2.57 bits per heavy atom. The number of aromatic nitrogens is 2. The molecule has 0 radical (unpaired) electrons. The fourth-order valence-electron chi connectivity index (χ4n) is 2.82. The lowest BCUT2D eigenvalue weighted by molar-refractivity contribution is -0.140. The Bertz CT molecular complexity index is 752. The average molecular weight is 313 g/mol. The molecule has 2 atom stereocenters. The van der Waals surface area contributed by atoms with Crippen molar-refractivity contribution in [1.29, 1.82) is 0 Å². The van der Waals surface area contributed by atoms with E-state index in [0.29, 0.717) is 13.0 Å². The van der Waals surface area contributed by atoms with Crippen molar-refractivity contribution in [3.8, 4) is 5.69 Å². The second kappa shape index (κ2) is 5.87. The van der Waals surface area contributed by atoms with Gasteiger partial charge in [-0.3, -0.25) is 9.59 Å². The highest BCUT2D eigenvalue weighted by Crippen LogP contribution is 2.38. The van der Waals surface area contributed by atoms with Crippen LogP contribution in [0, 0.1) is 25.7 Å². The Morgan fingerprint density at radius 2 is 1.96 bits per heavy atom. The normalized spacial score (nSPS) is 19.4. The van der Waals surface area contributed by atoms with Gasteiger partial charge in [0.1, 0.15) is 0 Å². The van der Waals surface area contributed by atoms with Gasteiger partial charge < -0.3 is 10.4 Å². The van der Waals surface area contributed by atoms with Gasteiger partial charge in [-0.05, 0) is 32.4 Å². The first-order chi connectivity index (χ1) is 11.0. The van der Waals surface area contributed by atoms with E-state index in [2.05, 4.69) is 10.4 Å². The number of benzene rings is 1. The SMILES string of the molecule is Cc1nn(-c2ccccc2)c(C)c1CNC(=O)[C@H]1C[C@H]1C(=O)O. The summed E-state index contributed by atoms with van der Waals surface area (Å²) in [6.45, 7) is 4.24. The summed E-state index contributed by atoms with van der Waals surface area (Å²) in [5, 5.41) is 16.3. The molecule has 1 amide bonds. The third kappa shape index (κ3) is 2.97.